The average molecular weight is 878 g/mol. The number of fused-ring (bicyclic) bond motifs is 2. The maximum atomic E-state index is 14.8. The van der Waals surface area contributed by atoms with Gasteiger partial charge in [-0.3, -0.25) is 14.6 Å². The van der Waals surface area contributed by atoms with Gasteiger partial charge in [0, 0.05) is 19.0 Å². The summed E-state index contributed by atoms with van der Waals surface area (Å²) in [5.74, 6) is -0.253. The second-order valence-electron chi connectivity index (χ2n) is 16.4. The van der Waals surface area contributed by atoms with Gasteiger partial charge < -0.3 is 30.7 Å². The normalized spacial score (nSPS) is 20.1. The number of thiazole rings is 1. The molecule has 3 aromatic carbocycles. The Morgan fingerprint density at radius 3 is 2.48 bits per heavy atom. The van der Waals surface area contributed by atoms with E-state index < -0.39 is 38.7 Å². The summed E-state index contributed by atoms with van der Waals surface area (Å²) < 4.78 is 42.1. The van der Waals surface area contributed by atoms with E-state index in [1.807, 2.05) is 54.6 Å². The number of nitrogens with zero attached hydrogens (tertiary/aromatic N) is 3. The third-order valence-corrected chi connectivity index (χ3v) is 14.8. The summed E-state index contributed by atoms with van der Waals surface area (Å²) in [6.45, 7) is 10.7. The van der Waals surface area contributed by atoms with Crippen LogP contribution in [0, 0.1) is 20.8 Å². The molecule has 1 aromatic heterocycles. The Morgan fingerprint density at radius 2 is 1.78 bits per heavy atom. The molecule has 0 unspecified atom stereocenters. The third kappa shape index (κ3) is 10.3. The highest BCUT2D eigenvalue weighted by atomic mass is 32.2. The minimum atomic E-state index is -4.05. The lowest BCUT2D eigenvalue weighted by Crippen LogP contribution is -2.67. The van der Waals surface area contributed by atoms with Gasteiger partial charge in [0.2, 0.25) is 17.8 Å². The van der Waals surface area contributed by atoms with E-state index in [1.54, 1.807) is 52.5 Å². The number of amides is 3. The summed E-state index contributed by atoms with van der Waals surface area (Å²) in [5.41, 5.74) is 7.55. The van der Waals surface area contributed by atoms with Crippen molar-refractivity contribution in [3.05, 3.63) is 82.9 Å². The molecule has 17 heteroatoms. The molecule has 2 aliphatic rings. The van der Waals surface area contributed by atoms with Gasteiger partial charge in [0.25, 0.3) is 10.0 Å². The molecule has 2 aliphatic heterocycles. The molecule has 0 bridgehead atoms. The Bertz CT molecular complexity index is 2330. The summed E-state index contributed by atoms with van der Waals surface area (Å²) in [6, 6.07) is 18.1. The lowest BCUT2D eigenvalue weighted by Gasteiger charge is -2.45. The minimum absolute atomic E-state index is 0.119. The fourth-order valence-electron chi connectivity index (χ4n) is 8.05. The van der Waals surface area contributed by atoms with Gasteiger partial charge in [0.05, 0.1) is 27.6 Å². The number of carbonyl (C=O) groups is 3. The van der Waals surface area contributed by atoms with Crippen LogP contribution < -0.4 is 25.8 Å². The second kappa shape index (κ2) is 18.4. The van der Waals surface area contributed by atoms with Crippen LogP contribution in [0.25, 0.3) is 10.2 Å². The number of hydrogen-bond acceptors (Lipinski definition) is 11. The number of hydrogen-bond donors (Lipinski definition) is 4. The van der Waals surface area contributed by atoms with Crippen LogP contribution in [0.3, 0.4) is 0 Å². The van der Waals surface area contributed by atoms with Gasteiger partial charge in [0.1, 0.15) is 22.9 Å². The summed E-state index contributed by atoms with van der Waals surface area (Å²) in [6.07, 6.45) is 2.60. The molecule has 4 atom stereocenters. The zero-order chi connectivity index (χ0) is 43.4. The van der Waals surface area contributed by atoms with E-state index in [1.165, 1.54) is 30.2 Å². The van der Waals surface area contributed by atoms with Gasteiger partial charge in [-0.2, -0.15) is 0 Å². The summed E-state index contributed by atoms with van der Waals surface area (Å²) in [5, 5.41) is 5.71. The van der Waals surface area contributed by atoms with E-state index in [0.717, 1.165) is 20.1 Å². The molecule has 3 amide bonds. The standard InChI is InChI=1S/C43H55N7O7S3/c1-26-24-33(56-7)27(2)28(3)36(26)60(54,55)49-39(44)45-23-13-18-35(59-41-46-31-16-11-12-17-34(31)58-41)47-37(51)32-20-19-30-21-22-43(38(52)50(30)32,25-29-14-9-8-10-15-29)48-40(53)57-42(4,5)6/h8-12,14-17,24,30,32,35H,13,18-23,25H2,1-7H3,(H,47,51)(H,48,53)(H3,44,45,49)/t30-,32+,35-,43+/m1/s1. The van der Waals surface area contributed by atoms with E-state index >= 15 is 0 Å². The number of aromatic nitrogens is 1. The van der Waals surface area contributed by atoms with Crippen molar-refractivity contribution in [2.45, 2.75) is 124 Å². The zero-order valence-electron chi connectivity index (χ0n) is 35.2. The number of sulfonamides is 1. The van der Waals surface area contributed by atoms with Gasteiger partial charge in [-0.05, 0) is 121 Å². The number of alkyl carbamates (subject to hydrolysis) is 1. The Hall–Kier alpha value is -4.87. The molecule has 0 radical (unpaired) electrons. The van der Waals surface area contributed by atoms with E-state index in [9.17, 15) is 22.8 Å². The predicted octanol–water partition coefficient (Wildman–Crippen LogP) is 6.50. The van der Waals surface area contributed by atoms with Crippen molar-refractivity contribution in [3.8, 4) is 5.75 Å². The van der Waals surface area contributed by atoms with Crippen molar-refractivity contribution in [1.82, 2.24) is 25.2 Å². The quantitative estimate of drug-likeness (QED) is 0.0357. The molecule has 0 saturated carbocycles. The summed E-state index contributed by atoms with van der Waals surface area (Å²) in [4.78, 5) is 53.3. The van der Waals surface area contributed by atoms with Crippen LogP contribution in [0.5, 0.6) is 5.75 Å². The molecule has 14 nitrogen and oxygen atoms in total. The van der Waals surface area contributed by atoms with Crippen molar-refractivity contribution in [2.75, 3.05) is 13.7 Å². The predicted molar refractivity (Wildman–Crippen MR) is 236 cm³/mol. The van der Waals surface area contributed by atoms with E-state index in [0.29, 0.717) is 61.0 Å². The van der Waals surface area contributed by atoms with E-state index in [2.05, 4.69) is 20.3 Å². The first-order valence-corrected chi connectivity index (χ1v) is 23.3. The molecule has 0 aliphatic carbocycles. The van der Waals surface area contributed by atoms with Gasteiger partial charge in [0.15, 0.2) is 4.34 Å². The lowest BCUT2D eigenvalue weighted by atomic mass is 9.80. The number of carbonyl (C=O) groups excluding carboxylic acids is 3. The molecule has 60 heavy (non-hydrogen) atoms. The number of aryl methyl sites for hydroxylation is 1. The van der Waals surface area contributed by atoms with Crippen LogP contribution in [0.4, 0.5) is 4.79 Å². The fourth-order valence-corrected chi connectivity index (χ4v) is 11.9. The van der Waals surface area contributed by atoms with Crippen molar-refractivity contribution in [2.24, 2.45) is 10.7 Å². The first-order valence-electron chi connectivity index (χ1n) is 20.1. The van der Waals surface area contributed by atoms with Crippen LogP contribution in [0.1, 0.15) is 81.5 Å². The SMILES string of the molecule is COc1cc(C)c(S(=O)(=O)NC(N)=NCCC[C@H](NC(=O)[C@@H]2CC[C@@H]3CC[C@@](Cc4ccccc4)(NC(=O)OC(C)(C)C)C(=O)N32)Sc2nc3ccccc3s2)c(C)c1C. The molecule has 322 valence electrons. The number of benzene rings is 3. The molecule has 6 rings (SSSR count). The van der Waals surface area contributed by atoms with Crippen molar-refractivity contribution >= 4 is 67.2 Å². The van der Waals surface area contributed by atoms with Crippen LogP contribution in [0.2, 0.25) is 0 Å². The number of aliphatic imine (C=N–C) groups is 1. The highest BCUT2D eigenvalue weighted by Crippen LogP contribution is 2.40. The number of para-hydroxylation sites is 1. The molecule has 5 N–H and O–H groups in total. The molecule has 0 spiro atoms. The number of rotatable bonds is 14. The van der Waals surface area contributed by atoms with E-state index in [4.69, 9.17) is 20.2 Å². The van der Waals surface area contributed by atoms with Crippen molar-refractivity contribution in [1.29, 1.82) is 0 Å². The Balaban J connectivity index is 1.18. The molecular weight excluding hydrogens is 823 g/mol. The average Bonchev–Trinajstić information content (AvgIpc) is 3.80. The van der Waals surface area contributed by atoms with Gasteiger partial charge in [-0.15, -0.1) is 11.3 Å². The van der Waals surface area contributed by atoms with Crippen molar-refractivity contribution in [3.63, 3.8) is 0 Å². The minimum Gasteiger partial charge on any atom is -0.496 e. The number of methoxy groups -OCH3 is 1. The highest BCUT2D eigenvalue weighted by Gasteiger charge is 2.54. The number of thioether (sulfide) groups is 1. The molecule has 2 saturated heterocycles. The van der Waals surface area contributed by atoms with E-state index in [-0.39, 0.29) is 41.7 Å². The molecule has 3 heterocycles. The topological polar surface area (TPSA) is 194 Å². The van der Waals surface area contributed by atoms with Gasteiger partial charge >= 0.3 is 6.09 Å². The Labute approximate surface area is 360 Å². The van der Waals surface area contributed by atoms with Crippen LogP contribution in [-0.4, -0.2) is 84.4 Å². The zero-order valence-corrected chi connectivity index (χ0v) is 37.6. The number of ether oxygens (including phenoxy) is 2. The Kier molecular flexibility index (Phi) is 13.7. The molecule has 4 aromatic rings. The number of nitrogens with two attached hydrogens (primary N) is 1. The molecular formula is C43H55N7O7S3. The summed E-state index contributed by atoms with van der Waals surface area (Å²) >= 11 is 2.94. The van der Waals surface area contributed by atoms with Gasteiger partial charge in [-0.25, -0.2) is 22.9 Å². The summed E-state index contributed by atoms with van der Waals surface area (Å²) in [7, 11) is -2.51. The number of nitrogens with one attached hydrogen (secondary N) is 3. The Morgan fingerprint density at radius 1 is 1.07 bits per heavy atom. The second-order valence-corrected chi connectivity index (χ2v) is 20.5. The van der Waals surface area contributed by atoms with Crippen LogP contribution >= 0.6 is 23.1 Å². The van der Waals surface area contributed by atoms with Crippen molar-refractivity contribution < 1.29 is 32.3 Å². The van der Waals surface area contributed by atoms with Gasteiger partial charge in [-0.1, -0.05) is 54.2 Å². The number of guanidine groups is 1. The first-order chi connectivity index (χ1) is 28.4. The number of piperidine rings is 1. The highest BCUT2D eigenvalue weighted by molar-refractivity contribution is 8.01. The fraction of sp³-hybridized carbons (Fsp3) is 0.465. The monoisotopic (exact) mass is 877 g/mol. The first kappa shape index (κ1) is 44.7. The maximum Gasteiger partial charge on any atom is 0.408 e. The van der Waals surface area contributed by atoms with Crippen LogP contribution in [-0.2, 0) is 30.8 Å². The lowest BCUT2D eigenvalue weighted by molar-refractivity contribution is -0.150. The largest absolute Gasteiger partial charge is 0.496 e. The third-order valence-electron chi connectivity index (χ3n) is 10.9. The maximum absolute atomic E-state index is 14.8. The van der Waals surface area contributed by atoms with Crippen LogP contribution in [0.15, 0.2) is 74.9 Å². The smallest absolute Gasteiger partial charge is 0.408 e. The molecule has 2 fully saturated rings.